The average Bonchev–Trinajstić information content (AvgIpc) is 2.85. The third-order valence-corrected chi connectivity index (χ3v) is 8.14. The maximum absolute atomic E-state index is 13.6. The first-order valence-corrected chi connectivity index (χ1v) is 13.6. The summed E-state index contributed by atoms with van der Waals surface area (Å²) in [5.41, 5.74) is 1.11. The Morgan fingerprint density at radius 3 is 2.69 bits per heavy atom. The molecule has 1 aliphatic heterocycles. The lowest BCUT2D eigenvalue weighted by molar-refractivity contribution is 0.0563. The highest BCUT2D eigenvalue weighted by Crippen LogP contribution is 2.34. The van der Waals surface area contributed by atoms with Gasteiger partial charge in [-0.1, -0.05) is 32.6 Å². The number of sulfonamides is 1. The number of amides is 1. The van der Waals surface area contributed by atoms with E-state index in [-0.39, 0.29) is 42.2 Å². The maximum Gasteiger partial charge on any atom is 0.255 e. The zero-order chi connectivity index (χ0) is 26.5. The van der Waals surface area contributed by atoms with Gasteiger partial charge in [0.2, 0.25) is 10.0 Å². The molecule has 36 heavy (non-hydrogen) atoms. The van der Waals surface area contributed by atoms with E-state index in [2.05, 4.69) is 30.7 Å². The van der Waals surface area contributed by atoms with E-state index in [1.807, 2.05) is 6.92 Å². The minimum atomic E-state index is -3.94. The molecule has 0 saturated carbocycles. The number of aliphatic hydroxyl groups is 1. The molecule has 0 saturated heterocycles. The summed E-state index contributed by atoms with van der Waals surface area (Å²) in [5, 5.41) is 9.80. The van der Waals surface area contributed by atoms with Crippen LogP contribution in [0.5, 0.6) is 5.75 Å². The molecule has 1 aliphatic rings. The van der Waals surface area contributed by atoms with Crippen molar-refractivity contribution < 1.29 is 23.1 Å². The van der Waals surface area contributed by atoms with Crippen LogP contribution in [0.15, 0.2) is 47.6 Å². The zero-order valence-corrected chi connectivity index (χ0v) is 22.3. The number of ether oxygens (including phenoxy) is 1. The molecule has 0 fully saturated rings. The van der Waals surface area contributed by atoms with Crippen molar-refractivity contribution in [1.82, 2.24) is 14.2 Å². The highest BCUT2D eigenvalue weighted by molar-refractivity contribution is 7.89. The van der Waals surface area contributed by atoms with E-state index in [9.17, 15) is 18.3 Å². The number of rotatable bonds is 6. The summed E-state index contributed by atoms with van der Waals surface area (Å²) in [6, 6.07) is 7.61. The largest absolute Gasteiger partial charge is 0.487 e. The van der Waals surface area contributed by atoms with Crippen LogP contribution in [-0.4, -0.2) is 72.5 Å². The van der Waals surface area contributed by atoms with Gasteiger partial charge in [-0.2, -0.15) is 4.31 Å². The van der Waals surface area contributed by atoms with Crippen LogP contribution in [0.25, 0.3) is 0 Å². The second kappa shape index (κ2) is 11.9. The zero-order valence-electron chi connectivity index (χ0n) is 21.5. The minimum Gasteiger partial charge on any atom is -0.487 e. The predicted octanol–water partition coefficient (Wildman–Crippen LogP) is 3.02. The third-order valence-electron chi connectivity index (χ3n) is 6.12. The maximum atomic E-state index is 13.6. The van der Waals surface area contributed by atoms with Gasteiger partial charge in [0.15, 0.2) is 0 Å². The van der Waals surface area contributed by atoms with E-state index < -0.39 is 22.2 Å². The monoisotopic (exact) mass is 513 g/mol. The summed E-state index contributed by atoms with van der Waals surface area (Å²) in [6.07, 6.45) is 3.33. The van der Waals surface area contributed by atoms with Crippen LogP contribution in [0.2, 0.25) is 0 Å². The number of carbonyl (C=O) groups is 1. The van der Waals surface area contributed by atoms with Crippen LogP contribution in [0.1, 0.15) is 50.0 Å². The molecule has 0 unspecified atom stereocenters. The number of likely N-dealkylation sites (N-methyl/N-ethyl adjacent to an activating group) is 1. The van der Waals surface area contributed by atoms with E-state index in [0.29, 0.717) is 17.0 Å². The van der Waals surface area contributed by atoms with Gasteiger partial charge >= 0.3 is 0 Å². The summed E-state index contributed by atoms with van der Waals surface area (Å²) in [7, 11) is -2.25. The van der Waals surface area contributed by atoms with E-state index in [1.165, 1.54) is 16.6 Å². The fourth-order valence-electron chi connectivity index (χ4n) is 3.94. The molecule has 0 spiro atoms. The number of hydrogen-bond donors (Lipinski definition) is 1. The number of aromatic nitrogens is 1. The first-order valence-electron chi connectivity index (χ1n) is 12.1. The van der Waals surface area contributed by atoms with E-state index in [1.54, 1.807) is 49.3 Å². The Bertz CT molecular complexity index is 1220. The van der Waals surface area contributed by atoms with Crippen molar-refractivity contribution in [1.29, 1.82) is 0 Å². The van der Waals surface area contributed by atoms with Crippen molar-refractivity contribution in [3.63, 3.8) is 0 Å². The molecule has 0 bridgehead atoms. The number of hydrogen-bond acceptors (Lipinski definition) is 6. The number of aliphatic hydroxyl groups excluding tert-OH is 1. The third kappa shape index (κ3) is 6.44. The fraction of sp³-hybridized carbons (Fsp3) is 0.481. The normalized spacial score (nSPS) is 20.2. The van der Waals surface area contributed by atoms with Gasteiger partial charge in [-0.3, -0.25) is 9.78 Å². The fourth-order valence-corrected chi connectivity index (χ4v) is 5.77. The molecule has 9 heteroatoms. The van der Waals surface area contributed by atoms with Crippen molar-refractivity contribution in [2.75, 3.05) is 26.7 Å². The lowest BCUT2D eigenvalue weighted by Crippen LogP contribution is -2.50. The van der Waals surface area contributed by atoms with E-state index in [4.69, 9.17) is 4.74 Å². The lowest BCUT2D eigenvalue weighted by Gasteiger charge is -2.37. The molecule has 1 aromatic carbocycles. The topological polar surface area (TPSA) is 100 Å². The van der Waals surface area contributed by atoms with Gasteiger partial charge < -0.3 is 14.7 Å². The Morgan fingerprint density at radius 2 is 2.06 bits per heavy atom. The van der Waals surface area contributed by atoms with Crippen LogP contribution >= 0.6 is 0 Å². The second-order valence-corrected chi connectivity index (χ2v) is 11.6. The lowest BCUT2D eigenvalue weighted by atomic mass is 10.0. The van der Waals surface area contributed by atoms with Crippen molar-refractivity contribution in [3.05, 3.63) is 53.9 Å². The Kier molecular flexibility index (Phi) is 9.12. The molecule has 0 radical (unpaired) electrons. The first-order chi connectivity index (χ1) is 17.0. The Hall–Kier alpha value is -2.93. The molecule has 3 atom stereocenters. The number of benzene rings is 1. The van der Waals surface area contributed by atoms with Crippen LogP contribution < -0.4 is 4.74 Å². The standard InChI is InChI=1S/C27H35N3O5S/c1-19(2)8-6-9-22-11-12-26-24(14-22)35-25(17-29(5)27(32)23-10-7-13-28-15-23)20(3)16-30(21(4)18-31)36(26,33)34/h7,10-15,19-21,25,31H,8,16-18H2,1-5H3/t20-,21+,25+/m0/s1. The van der Waals surface area contributed by atoms with E-state index in [0.717, 1.165) is 6.42 Å². The van der Waals surface area contributed by atoms with Crippen LogP contribution in [0.4, 0.5) is 0 Å². The van der Waals surface area contributed by atoms with Gasteiger partial charge in [-0.05, 0) is 43.2 Å². The SMILES string of the molecule is CC(C)CC#Cc1ccc2c(c1)O[C@H](CN(C)C(=O)c1cccnc1)[C@@H](C)CN([C@H](C)CO)S2(=O)=O. The molecule has 8 nitrogen and oxygen atoms in total. The summed E-state index contributed by atoms with van der Waals surface area (Å²) < 4.78 is 34.8. The van der Waals surface area contributed by atoms with Crippen molar-refractivity contribution in [3.8, 4) is 17.6 Å². The molecule has 1 amide bonds. The first kappa shape index (κ1) is 27.7. The van der Waals surface area contributed by atoms with Crippen molar-refractivity contribution >= 4 is 15.9 Å². The highest BCUT2D eigenvalue weighted by atomic mass is 32.2. The van der Waals surface area contributed by atoms with Crippen LogP contribution in [0.3, 0.4) is 0 Å². The van der Waals surface area contributed by atoms with Gasteiger partial charge in [0.05, 0.1) is 18.7 Å². The number of nitrogens with zero attached hydrogens (tertiary/aromatic N) is 3. The summed E-state index contributed by atoms with van der Waals surface area (Å²) in [6.45, 7) is 7.78. The van der Waals surface area contributed by atoms with Crippen molar-refractivity contribution in [2.45, 2.75) is 51.2 Å². The second-order valence-electron chi connectivity index (χ2n) is 9.73. The van der Waals surface area contributed by atoms with Gasteiger partial charge in [-0.15, -0.1) is 0 Å². The smallest absolute Gasteiger partial charge is 0.255 e. The van der Waals surface area contributed by atoms with Gasteiger partial charge in [0.25, 0.3) is 5.91 Å². The molecule has 2 heterocycles. The van der Waals surface area contributed by atoms with E-state index >= 15 is 0 Å². The minimum absolute atomic E-state index is 0.0235. The molecular weight excluding hydrogens is 478 g/mol. The number of fused-ring (bicyclic) bond motifs is 1. The highest BCUT2D eigenvalue weighted by Gasteiger charge is 2.38. The number of pyridine rings is 1. The molecule has 194 valence electrons. The molecule has 3 rings (SSSR count). The summed E-state index contributed by atoms with van der Waals surface area (Å²) >= 11 is 0. The Morgan fingerprint density at radius 1 is 1.31 bits per heavy atom. The average molecular weight is 514 g/mol. The molecule has 2 aromatic rings. The van der Waals surface area contributed by atoms with Gasteiger partial charge in [0, 0.05) is 49.9 Å². The Labute approximate surface area is 214 Å². The summed E-state index contributed by atoms with van der Waals surface area (Å²) in [5.74, 6) is 6.35. The molecule has 0 aliphatic carbocycles. The molecule has 1 aromatic heterocycles. The molecular formula is C27H35N3O5S. The Balaban J connectivity index is 2.00. The van der Waals surface area contributed by atoms with Crippen molar-refractivity contribution in [2.24, 2.45) is 11.8 Å². The van der Waals surface area contributed by atoms with Crippen LogP contribution in [-0.2, 0) is 10.0 Å². The van der Waals surface area contributed by atoms with Gasteiger partial charge in [-0.25, -0.2) is 8.42 Å². The van der Waals surface area contributed by atoms with Crippen LogP contribution in [0, 0.1) is 23.7 Å². The quantitative estimate of drug-likeness (QED) is 0.596. The number of carbonyl (C=O) groups excluding carboxylic acids is 1. The van der Waals surface area contributed by atoms with Gasteiger partial charge in [0.1, 0.15) is 16.7 Å². The summed E-state index contributed by atoms with van der Waals surface area (Å²) in [4.78, 5) is 18.5. The molecule has 1 N–H and O–H groups in total. The predicted molar refractivity (Wildman–Crippen MR) is 138 cm³/mol.